The lowest BCUT2D eigenvalue weighted by molar-refractivity contribution is 0.332. The predicted octanol–water partition coefficient (Wildman–Crippen LogP) is 16.3. The molecule has 0 saturated heterocycles. The minimum Gasteiger partial charge on any atom is -0.311 e. The summed E-state index contributed by atoms with van der Waals surface area (Å²) in [5.41, 5.74) is 24.0. The molecule has 2 heterocycles. The van der Waals surface area contributed by atoms with Gasteiger partial charge >= 0.3 is 0 Å². The molecule has 0 saturated carbocycles. The van der Waals surface area contributed by atoms with Gasteiger partial charge in [-0.1, -0.05) is 192 Å². The maximum Gasteiger partial charge on any atom is 0.252 e. The summed E-state index contributed by atoms with van der Waals surface area (Å²) in [6.07, 6.45) is 2.33. The first-order valence-electron chi connectivity index (χ1n) is 25.3. The zero-order valence-corrected chi connectivity index (χ0v) is 44.8. The van der Waals surface area contributed by atoms with Crippen LogP contribution in [0.15, 0.2) is 109 Å². The van der Waals surface area contributed by atoms with Crippen LogP contribution in [0.2, 0.25) is 0 Å². The Morgan fingerprint density at radius 2 is 0.761 bits per heavy atom. The minimum atomic E-state index is -0.116. The highest BCUT2D eigenvalue weighted by atomic mass is 15.2. The van der Waals surface area contributed by atoms with Crippen molar-refractivity contribution in [1.29, 1.82) is 0 Å². The number of hydrogen-bond donors (Lipinski definition) is 0. The lowest BCUT2D eigenvalue weighted by Gasteiger charge is -2.47. The Labute approximate surface area is 406 Å². The summed E-state index contributed by atoms with van der Waals surface area (Å²) in [5.74, 6) is 0. The fourth-order valence-corrected chi connectivity index (χ4v) is 11.2. The van der Waals surface area contributed by atoms with Gasteiger partial charge in [-0.05, 0) is 160 Å². The van der Waals surface area contributed by atoms with Crippen LogP contribution in [0.3, 0.4) is 0 Å². The van der Waals surface area contributed by atoms with Gasteiger partial charge in [-0.3, -0.25) is 0 Å². The van der Waals surface area contributed by atoms with Gasteiger partial charge in [-0.15, -0.1) is 0 Å². The van der Waals surface area contributed by atoms with Gasteiger partial charge in [0.25, 0.3) is 6.71 Å². The average Bonchev–Trinajstić information content (AvgIpc) is 3.23. The molecule has 0 unspecified atom stereocenters. The van der Waals surface area contributed by atoms with E-state index < -0.39 is 0 Å². The zero-order valence-electron chi connectivity index (χ0n) is 44.8. The first-order valence-corrected chi connectivity index (χ1v) is 25.3. The maximum absolute atomic E-state index is 2.72. The van der Waals surface area contributed by atoms with E-state index in [0.717, 1.165) is 6.42 Å². The first kappa shape index (κ1) is 47.1. The largest absolute Gasteiger partial charge is 0.311 e. The van der Waals surface area contributed by atoms with Gasteiger partial charge in [0.1, 0.15) is 0 Å². The fraction of sp³-hybridized carbons (Fsp3) is 0.438. The smallest absolute Gasteiger partial charge is 0.252 e. The second-order valence-electron chi connectivity index (χ2n) is 27.1. The molecule has 0 bridgehead atoms. The third-order valence-electron chi connectivity index (χ3n) is 15.9. The van der Waals surface area contributed by atoms with Gasteiger partial charge in [0.2, 0.25) is 0 Å². The predicted molar refractivity (Wildman–Crippen MR) is 295 cm³/mol. The zero-order chi connectivity index (χ0) is 48.8. The van der Waals surface area contributed by atoms with Crippen LogP contribution < -0.4 is 26.2 Å². The highest BCUT2D eigenvalue weighted by Crippen LogP contribution is 2.54. The van der Waals surface area contributed by atoms with Crippen LogP contribution in [-0.2, 0) is 37.9 Å². The van der Waals surface area contributed by atoms with Crippen molar-refractivity contribution in [1.82, 2.24) is 0 Å². The van der Waals surface area contributed by atoms with E-state index >= 15 is 0 Å². The molecule has 9 rings (SSSR count). The number of rotatable bonds is 3. The van der Waals surface area contributed by atoms with Crippen LogP contribution in [0.1, 0.15) is 183 Å². The molecule has 0 aromatic heterocycles. The Hall–Kier alpha value is -5.02. The van der Waals surface area contributed by atoms with E-state index in [0.29, 0.717) is 0 Å². The van der Waals surface area contributed by atoms with E-state index in [-0.39, 0.29) is 44.6 Å². The molecule has 67 heavy (non-hydrogen) atoms. The second kappa shape index (κ2) is 15.2. The monoisotopic (exact) mass is 887 g/mol. The summed E-state index contributed by atoms with van der Waals surface area (Å²) >= 11 is 0. The Bertz CT molecular complexity index is 2910. The summed E-state index contributed by atoms with van der Waals surface area (Å²) in [6, 6.07) is 44.3. The Morgan fingerprint density at radius 1 is 0.373 bits per heavy atom. The van der Waals surface area contributed by atoms with Crippen molar-refractivity contribution in [2.75, 3.05) is 9.80 Å². The van der Waals surface area contributed by atoms with Crippen molar-refractivity contribution in [3.8, 4) is 11.1 Å². The highest BCUT2D eigenvalue weighted by molar-refractivity contribution is 7.00. The molecule has 0 amide bonds. The molecule has 0 fully saturated rings. The molecule has 3 heteroatoms. The van der Waals surface area contributed by atoms with Crippen LogP contribution in [0.4, 0.5) is 34.1 Å². The van der Waals surface area contributed by atoms with Gasteiger partial charge in [-0.2, -0.15) is 0 Å². The second-order valence-corrected chi connectivity index (χ2v) is 27.1. The molecule has 0 radical (unpaired) electrons. The summed E-state index contributed by atoms with van der Waals surface area (Å²) in [6.45, 7) is 45.2. The molecular weight excluding hydrogens is 808 g/mol. The van der Waals surface area contributed by atoms with Crippen LogP contribution in [0.25, 0.3) is 11.1 Å². The van der Waals surface area contributed by atoms with Crippen molar-refractivity contribution in [2.45, 2.75) is 182 Å². The molecule has 3 aliphatic rings. The van der Waals surface area contributed by atoms with E-state index in [1.807, 2.05) is 0 Å². The minimum absolute atomic E-state index is 0.0225. The Morgan fingerprint density at radius 3 is 1.21 bits per heavy atom. The average molecular weight is 887 g/mol. The number of fused-ring (bicyclic) bond motifs is 5. The van der Waals surface area contributed by atoms with Crippen LogP contribution in [-0.4, -0.2) is 6.71 Å². The van der Waals surface area contributed by atoms with Crippen molar-refractivity contribution >= 4 is 57.2 Å². The third-order valence-corrected chi connectivity index (χ3v) is 15.9. The van der Waals surface area contributed by atoms with Crippen LogP contribution >= 0.6 is 0 Å². The van der Waals surface area contributed by atoms with Gasteiger partial charge in [0.15, 0.2) is 0 Å². The van der Waals surface area contributed by atoms with E-state index in [1.165, 1.54) is 107 Å². The van der Waals surface area contributed by atoms with Crippen molar-refractivity contribution < 1.29 is 0 Å². The molecule has 0 N–H and O–H groups in total. The molecule has 2 aliphatic heterocycles. The summed E-state index contributed by atoms with van der Waals surface area (Å²) in [5, 5.41) is 0. The molecule has 1 aliphatic carbocycles. The van der Waals surface area contributed by atoms with Crippen LogP contribution in [0, 0.1) is 0 Å². The third kappa shape index (κ3) is 8.09. The number of benzene rings is 6. The standard InChI is InChI=1S/C64H79BN2/c1-58(2,3)41-22-20-40(21-23-41)47-38-48-49(64(18,19)33-32-63(48,16)17)39-54(47)67-53-31-27-44(61(10,11)12)35-51(53)65-50-34-43(60(7,8)9)26-30-52(50)66(46-28-24-42(25-29-46)59(4,5)6)55-36-45(62(13,14)15)37-56(67)57(55)65/h20-31,34-39H,32-33H2,1-19H3. The number of nitrogens with zero attached hydrogens (tertiary/aromatic N) is 2. The molecule has 6 aromatic rings. The summed E-state index contributed by atoms with van der Waals surface area (Å²) in [4.78, 5) is 5.33. The fourth-order valence-electron chi connectivity index (χ4n) is 11.2. The SMILES string of the molecule is CC(C)(C)c1ccc(-c2cc3c(cc2N2c4ccc(C(C)(C)C)cc4B4c5cc(C(C)(C)C)ccc5N(c5ccc(C(C)(C)C)cc5)c5cc(C(C)(C)C)cc2c54)C(C)(C)CCC3(C)C)cc1. The van der Waals surface area contributed by atoms with E-state index in [2.05, 4.69) is 251 Å². The molecule has 348 valence electrons. The molecule has 2 nitrogen and oxygen atoms in total. The van der Waals surface area contributed by atoms with Gasteiger partial charge in [0.05, 0.1) is 5.69 Å². The van der Waals surface area contributed by atoms with Crippen molar-refractivity contribution in [2.24, 2.45) is 0 Å². The summed E-state index contributed by atoms with van der Waals surface area (Å²) in [7, 11) is 0. The lowest BCUT2D eigenvalue weighted by atomic mass is 9.33. The maximum atomic E-state index is 2.72. The van der Waals surface area contributed by atoms with E-state index in [4.69, 9.17) is 0 Å². The van der Waals surface area contributed by atoms with E-state index in [1.54, 1.807) is 0 Å². The van der Waals surface area contributed by atoms with Crippen molar-refractivity contribution in [3.63, 3.8) is 0 Å². The van der Waals surface area contributed by atoms with Crippen LogP contribution in [0.5, 0.6) is 0 Å². The Kier molecular flexibility index (Phi) is 10.7. The molecule has 0 atom stereocenters. The van der Waals surface area contributed by atoms with Crippen molar-refractivity contribution in [3.05, 3.63) is 148 Å². The molecular formula is C64H79BN2. The van der Waals surface area contributed by atoms with E-state index in [9.17, 15) is 0 Å². The normalized spacial score (nSPS) is 16.6. The molecule has 6 aromatic carbocycles. The topological polar surface area (TPSA) is 6.48 Å². The molecule has 0 spiro atoms. The van der Waals surface area contributed by atoms with Gasteiger partial charge in [-0.25, -0.2) is 0 Å². The number of anilines is 6. The van der Waals surface area contributed by atoms with Gasteiger partial charge < -0.3 is 9.80 Å². The Balaban J connectivity index is 1.45. The summed E-state index contributed by atoms with van der Waals surface area (Å²) < 4.78 is 0. The number of hydrogen-bond acceptors (Lipinski definition) is 2. The lowest BCUT2D eigenvalue weighted by Crippen LogP contribution is -2.62. The first-order chi connectivity index (χ1) is 30.9. The van der Waals surface area contributed by atoms with Gasteiger partial charge in [0, 0.05) is 34.0 Å². The highest BCUT2D eigenvalue weighted by Gasteiger charge is 2.46. The quantitative estimate of drug-likeness (QED) is 0.163.